The van der Waals surface area contributed by atoms with E-state index in [0.29, 0.717) is 22.7 Å². The molecule has 0 aromatic heterocycles. The van der Waals surface area contributed by atoms with Crippen molar-refractivity contribution < 1.29 is 19.1 Å². The lowest BCUT2D eigenvalue weighted by atomic mass is 10.2. The number of nitrogens with zero attached hydrogens (tertiary/aromatic N) is 2. The molecule has 4 amide bonds. The number of hydrogen-bond donors (Lipinski definition) is 2. The first-order valence-corrected chi connectivity index (χ1v) is 9.56. The first-order valence-electron chi connectivity index (χ1n) is 9.56. The molecule has 2 aromatic carbocycles. The van der Waals surface area contributed by atoms with E-state index in [-0.39, 0.29) is 30.5 Å². The summed E-state index contributed by atoms with van der Waals surface area (Å²) in [5.41, 5.74) is 1.71. The van der Waals surface area contributed by atoms with Crippen LogP contribution in [0.2, 0.25) is 0 Å². The first kappa shape index (κ1) is 22.7. The van der Waals surface area contributed by atoms with Gasteiger partial charge in [-0.1, -0.05) is 6.07 Å². The van der Waals surface area contributed by atoms with Crippen molar-refractivity contribution in [3.63, 3.8) is 0 Å². The average Bonchev–Trinajstić information content (AvgIpc) is 2.71. The van der Waals surface area contributed by atoms with Crippen LogP contribution < -0.4 is 20.3 Å². The van der Waals surface area contributed by atoms with Crippen LogP contribution in [0.3, 0.4) is 0 Å². The van der Waals surface area contributed by atoms with E-state index in [0.717, 1.165) is 0 Å². The summed E-state index contributed by atoms with van der Waals surface area (Å²) in [6, 6.07) is 13.4. The minimum atomic E-state index is -0.345. The Morgan fingerprint density at radius 3 is 2.27 bits per heavy atom. The minimum Gasteiger partial charge on any atom is -0.484 e. The Balaban J connectivity index is 1.90. The summed E-state index contributed by atoms with van der Waals surface area (Å²) in [6.07, 6.45) is 0. The quantitative estimate of drug-likeness (QED) is 0.732. The molecular formula is C22H28N4O4. The van der Waals surface area contributed by atoms with Crippen molar-refractivity contribution >= 4 is 29.2 Å². The highest BCUT2D eigenvalue weighted by molar-refractivity contribution is 5.97. The Morgan fingerprint density at radius 2 is 1.67 bits per heavy atom. The van der Waals surface area contributed by atoms with Crippen molar-refractivity contribution in [1.82, 2.24) is 10.2 Å². The van der Waals surface area contributed by atoms with E-state index in [9.17, 15) is 14.4 Å². The molecule has 0 aliphatic rings. The molecule has 0 unspecified atom stereocenters. The summed E-state index contributed by atoms with van der Waals surface area (Å²) < 4.78 is 5.51. The maximum Gasteiger partial charge on any atom is 0.321 e. The van der Waals surface area contributed by atoms with Crippen molar-refractivity contribution in [3.05, 3.63) is 54.1 Å². The van der Waals surface area contributed by atoms with E-state index in [1.54, 1.807) is 69.7 Å². The van der Waals surface area contributed by atoms with Gasteiger partial charge in [0.15, 0.2) is 6.61 Å². The summed E-state index contributed by atoms with van der Waals surface area (Å²) in [5, 5.41) is 5.53. The molecule has 0 heterocycles. The normalized spacial score (nSPS) is 10.3. The Hall–Kier alpha value is -3.55. The Kier molecular flexibility index (Phi) is 7.80. The molecule has 2 N–H and O–H groups in total. The van der Waals surface area contributed by atoms with Crippen LogP contribution in [0, 0.1) is 0 Å². The molecule has 8 heteroatoms. The SMILES string of the molecule is CC(C)NC(=O)N(C)c1ccc(OCC(=O)Nc2cccc(C(=O)N(C)C)c2)cc1. The maximum atomic E-state index is 12.2. The van der Waals surface area contributed by atoms with Crippen LogP contribution in [0.1, 0.15) is 24.2 Å². The number of anilines is 2. The molecule has 0 aliphatic heterocycles. The van der Waals surface area contributed by atoms with Gasteiger partial charge in [-0.05, 0) is 56.3 Å². The highest BCUT2D eigenvalue weighted by atomic mass is 16.5. The number of amides is 4. The van der Waals surface area contributed by atoms with Gasteiger partial charge in [0.1, 0.15) is 5.75 Å². The number of hydrogen-bond acceptors (Lipinski definition) is 4. The van der Waals surface area contributed by atoms with E-state index in [2.05, 4.69) is 10.6 Å². The fraction of sp³-hybridized carbons (Fsp3) is 0.318. The lowest BCUT2D eigenvalue weighted by Gasteiger charge is -2.20. The van der Waals surface area contributed by atoms with Crippen molar-refractivity contribution in [2.45, 2.75) is 19.9 Å². The molecule has 2 rings (SSSR count). The van der Waals surface area contributed by atoms with Gasteiger partial charge in [-0.25, -0.2) is 4.79 Å². The number of urea groups is 1. The maximum absolute atomic E-state index is 12.2. The molecule has 160 valence electrons. The molecule has 0 spiro atoms. The Bertz CT molecular complexity index is 894. The highest BCUT2D eigenvalue weighted by Crippen LogP contribution is 2.19. The van der Waals surface area contributed by atoms with Gasteiger partial charge < -0.3 is 20.3 Å². The summed E-state index contributed by atoms with van der Waals surface area (Å²) in [5.74, 6) is 0.0135. The molecule has 0 atom stereocenters. The van der Waals surface area contributed by atoms with Gasteiger partial charge in [0.05, 0.1) is 0 Å². The molecule has 0 saturated carbocycles. The van der Waals surface area contributed by atoms with E-state index in [1.807, 2.05) is 13.8 Å². The number of benzene rings is 2. The third-order valence-electron chi connectivity index (χ3n) is 4.11. The number of ether oxygens (including phenoxy) is 1. The Labute approximate surface area is 176 Å². The summed E-state index contributed by atoms with van der Waals surface area (Å²) in [6.45, 7) is 3.60. The number of nitrogens with one attached hydrogen (secondary N) is 2. The molecule has 0 bridgehead atoms. The zero-order valence-electron chi connectivity index (χ0n) is 17.9. The van der Waals surface area contributed by atoms with Crippen molar-refractivity contribution in [2.24, 2.45) is 0 Å². The van der Waals surface area contributed by atoms with Gasteiger partial charge in [-0.2, -0.15) is 0 Å². The minimum absolute atomic E-state index is 0.0442. The molecule has 0 fully saturated rings. The molecule has 2 aromatic rings. The standard InChI is InChI=1S/C22H28N4O4/c1-15(2)23-22(29)26(5)18-9-11-19(12-10-18)30-14-20(27)24-17-8-6-7-16(13-17)21(28)25(3)4/h6-13,15H,14H2,1-5H3,(H,23,29)(H,24,27). The predicted octanol–water partition coefficient (Wildman–Crippen LogP) is 2.96. The zero-order valence-corrected chi connectivity index (χ0v) is 17.9. The van der Waals surface area contributed by atoms with E-state index in [4.69, 9.17) is 4.74 Å². The summed E-state index contributed by atoms with van der Waals surface area (Å²) in [4.78, 5) is 39.2. The monoisotopic (exact) mass is 412 g/mol. The summed E-state index contributed by atoms with van der Waals surface area (Å²) in [7, 11) is 5.01. The fourth-order valence-corrected chi connectivity index (χ4v) is 2.56. The van der Waals surface area contributed by atoms with Gasteiger partial charge in [0.25, 0.3) is 11.8 Å². The molecule has 8 nitrogen and oxygen atoms in total. The van der Waals surface area contributed by atoms with Gasteiger partial charge in [0, 0.05) is 44.1 Å². The van der Waals surface area contributed by atoms with Gasteiger partial charge >= 0.3 is 6.03 Å². The molecular weight excluding hydrogens is 384 g/mol. The third kappa shape index (κ3) is 6.51. The van der Waals surface area contributed by atoms with Crippen molar-refractivity contribution in [1.29, 1.82) is 0 Å². The largest absolute Gasteiger partial charge is 0.484 e. The molecule has 0 saturated heterocycles. The lowest BCUT2D eigenvalue weighted by molar-refractivity contribution is -0.118. The number of rotatable bonds is 7. The number of carbonyl (C=O) groups excluding carboxylic acids is 3. The summed E-state index contributed by atoms with van der Waals surface area (Å²) >= 11 is 0. The first-order chi connectivity index (χ1) is 14.2. The topological polar surface area (TPSA) is 91.0 Å². The number of carbonyl (C=O) groups is 3. The van der Waals surface area contributed by atoms with Crippen LogP contribution in [0.4, 0.5) is 16.2 Å². The third-order valence-corrected chi connectivity index (χ3v) is 4.11. The molecule has 30 heavy (non-hydrogen) atoms. The fourth-order valence-electron chi connectivity index (χ4n) is 2.56. The lowest BCUT2D eigenvalue weighted by Crippen LogP contribution is -2.40. The second kappa shape index (κ2) is 10.3. The van der Waals surface area contributed by atoms with Gasteiger partial charge in [-0.15, -0.1) is 0 Å². The van der Waals surface area contributed by atoms with E-state index in [1.165, 1.54) is 9.80 Å². The van der Waals surface area contributed by atoms with Crippen LogP contribution in [0.15, 0.2) is 48.5 Å². The van der Waals surface area contributed by atoms with Gasteiger partial charge in [0.2, 0.25) is 0 Å². The Morgan fingerprint density at radius 1 is 1.00 bits per heavy atom. The van der Waals surface area contributed by atoms with Crippen molar-refractivity contribution in [3.8, 4) is 5.75 Å². The molecule has 0 aliphatic carbocycles. The molecule has 0 radical (unpaired) electrons. The van der Waals surface area contributed by atoms with Gasteiger partial charge in [-0.3, -0.25) is 14.5 Å². The van der Waals surface area contributed by atoms with Crippen LogP contribution in [0.5, 0.6) is 5.75 Å². The second-order valence-corrected chi connectivity index (χ2v) is 7.27. The van der Waals surface area contributed by atoms with E-state index < -0.39 is 0 Å². The average molecular weight is 412 g/mol. The van der Waals surface area contributed by atoms with Crippen molar-refractivity contribution in [2.75, 3.05) is 38.0 Å². The zero-order chi connectivity index (χ0) is 22.3. The van der Waals surface area contributed by atoms with Crippen LogP contribution >= 0.6 is 0 Å². The second-order valence-electron chi connectivity index (χ2n) is 7.27. The van der Waals surface area contributed by atoms with Crippen LogP contribution in [-0.2, 0) is 4.79 Å². The van der Waals surface area contributed by atoms with E-state index >= 15 is 0 Å². The van der Waals surface area contributed by atoms with Crippen LogP contribution in [-0.4, -0.2) is 56.5 Å². The smallest absolute Gasteiger partial charge is 0.321 e. The highest BCUT2D eigenvalue weighted by Gasteiger charge is 2.12. The predicted molar refractivity (Wildman–Crippen MR) is 117 cm³/mol. The van der Waals surface area contributed by atoms with Crippen LogP contribution in [0.25, 0.3) is 0 Å².